The molecule has 0 aliphatic carbocycles. The molecule has 2 aromatic carbocycles. The highest BCUT2D eigenvalue weighted by Gasteiger charge is 2.34. The van der Waals surface area contributed by atoms with Crippen LogP contribution < -0.4 is 19.1 Å². The normalized spacial score (nSPS) is 16.8. The zero-order chi connectivity index (χ0) is 19.8. The number of anilines is 1. The second kappa shape index (κ2) is 7.13. The summed E-state index contributed by atoms with van der Waals surface area (Å²) in [5.41, 5.74) is 0.648. The molecule has 28 heavy (non-hydrogen) atoms. The van der Waals surface area contributed by atoms with Crippen molar-refractivity contribution in [3.63, 3.8) is 0 Å². The van der Waals surface area contributed by atoms with Gasteiger partial charge in [-0.2, -0.15) is 0 Å². The molecule has 2 heterocycles. The first-order valence-corrected chi connectivity index (χ1v) is 9.20. The third-order valence-corrected chi connectivity index (χ3v) is 5.43. The number of hydrogen-bond acceptors (Lipinski definition) is 8. The van der Waals surface area contributed by atoms with E-state index in [1.807, 2.05) is 0 Å². The quantitative estimate of drug-likeness (QED) is 0.322. The summed E-state index contributed by atoms with van der Waals surface area (Å²) in [6.07, 6.45) is 1.45. The molecule has 0 aromatic heterocycles. The Bertz CT molecular complexity index is 1040. The minimum Gasteiger partial charge on any atom is -0.497 e. The van der Waals surface area contributed by atoms with Crippen LogP contribution in [0.25, 0.3) is 6.08 Å². The SMILES string of the molecule is COc1ccc(N2C(=O)C(=Cc3cc4c(cc3[N+](=O)[O-])OCO4)SC2=S)cc1. The van der Waals surface area contributed by atoms with Gasteiger partial charge in [-0.25, -0.2) is 0 Å². The van der Waals surface area contributed by atoms with Gasteiger partial charge in [0.2, 0.25) is 6.79 Å². The molecule has 142 valence electrons. The van der Waals surface area contributed by atoms with Gasteiger partial charge < -0.3 is 14.2 Å². The van der Waals surface area contributed by atoms with Crippen LogP contribution in [0, 0.1) is 10.1 Å². The van der Waals surface area contributed by atoms with E-state index in [2.05, 4.69) is 0 Å². The molecule has 10 heteroatoms. The third-order valence-electron chi connectivity index (χ3n) is 4.13. The molecule has 4 rings (SSSR count). The second-order valence-electron chi connectivity index (χ2n) is 5.74. The third kappa shape index (κ3) is 3.16. The summed E-state index contributed by atoms with van der Waals surface area (Å²) < 4.78 is 15.9. The number of ether oxygens (including phenoxy) is 3. The smallest absolute Gasteiger partial charge is 0.280 e. The average molecular weight is 416 g/mol. The summed E-state index contributed by atoms with van der Waals surface area (Å²) in [5, 5.41) is 11.4. The van der Waals surface area contributed by atoms with Crippen LogP contribution in [0.1, 0.15) is 5.56 Å². The summed E-state index contributed by atoms with van der Waals surface area (Å²) >= 11 is 6.41. The van der Waals surface area contributed by atoms with E-state index >= 15 is 0 Å². The molecule has 1 amide bonds. The molecule has 8 nitrogen and oxygen atoms in total. The minimum absolute atomic E-state index is 0.00444. The van der Waals surface area contributed by atoms with Gasteiger partial charge in [-0.1, -0.05) is 24.0 Å². The largest absolute Gasteiger partial charge is 0.497 e. The predicted octanol–water partition coefficient (Wildman–Crippen LogP) is 3.74. The van der Waals surface area contributed by atoms with Gasteiger partial charge in [0.1, 0.15) is 5.75 Å². The van der Waals surface area contributed by atoms with E-state index in [-0.39, 0.29) is 28.9 Å². The second-order valence-corrected chi connectivity index (χ2v) is 7.41. The molecule has 0 saturated carbocycles. The molecular weight excluding hydrogens is 404 g/mol. The lowest BCUT2D eigenvalue weighted by atomic mass is 10.1. The molecular formula is C18H12N2O6S2. The van der Waals surface area contributed by atoms with Crippen LogP contribution in [0.4, 0.5) is 11.4 Å². The Morgan fingerprint density at radius 3 is 2.57 bits per heavy atom. The first kappa shape index (κ1) is 18.3. The monoisotopic (exact) mass is 416 g/mol. The van der Waals surface area contributed by atoms with Gasteiger partial charge in [0, 0.05) is 0 Å². The van der Waals surface area contributed by atoms with E-state index < -0.39 is 4.92 Å². The standard InChI is InChI=1S/C18H12N2O6S2/c1-24-12-4-2-11(3-5-12)19-17(21)16(28-18(19)27)7-10-6-14-15(26-9-25-14)8-13(10)20(22)23/h2-8H,9H2,1H3. The van der Waals surface area contributed by atoms with Crippen molar-refractivity contribution in [3.05, 3.63) is 57.0 Å². The van der Waals surface area contributed by atoms with Gasteiger partial charge in [0.15, 0.2) is 15.8 Å². The molecule has 2 aliphatic rings. The molecule has 0 spiro atoms. The minimum atomic E-state index is -0.530. The molecule has 0 atom stereocenters. The Labute approximate surface area is 168 Å². The van der Waals surface area contributed by atoms with Gasteiger partial charge in [-0.15, -0.1) is 0 Å². The van der Waals surface area contributed by atoms with Crippen LogP contribution in [-0.4, -0.2) is 29.1 Å². The van der Waals surface area contributed by atoms with Crippen molar-refractivity contribution in [2.75, 3.05) is 18.8 Å². The first-order valence-electron chi connectivity index (χ1n) is 7.98. The van der Waals surface area contributed by atoms with Crippen molar-refractivity contribution in [2.45, 2.75) is 0 Å². The lowest BCUT2D eigenvalue weighted by Crippen LogP contribution is -2.27. The number of thiocarbonyl (C=S) groups is 1. The Hall–Kier alpha value is -3.11. The lowest BCUT2D eigenvalue weighted by Gasteiger charge is -2.14. The molecule has 2 aliphatic heterocycles. The van der Waals surface area contributed by atoms with Crippen molar-refractivity contribution in [3.8, 4) is 17.2 Å². The number of nitrogens with zero attached hydrogens (tertiary/aromatic N) is 2. The van der Waals surface area contributed by atoms with Gasteiger partial charge >= 0.3 is 0 Å². The van der Waals surface area contributed by atoms with E-state index in [4.69, 9.17) is 26.4 Å². The molecule has 1 fully saturated rings. The van der Waals surface area contributed by atoms with Crippen molar-refractivity contribution < 1.29 is 23.9 Å². The van der Waals surface area contributed by atoms with E-state index in [1.54, 1.807) is 31.4 Å². The van der Waals surface area contributed by atoms with E-state index in [0.29, 0.717) is 27.3 Å². The highest BCUT2D eigenvalue weighted by atomic mass is 32.2. The van der Waals surface area contributed by atoms with Crippen molar-refractivity contribution >= 4 is 51.7 Å². The van der Waals surface area contributed by atoms with E-state index in [0.717, 1.165) is 11.8 Å². The van der Waals surface area contributed by atoms with Gasteiger partial charge in [0.05, 0.1) is 34.3 Å². The number of methoxy groups -OCH3 is 1. The molecule has 0 unspecified atom stereocenters. The number of amides is 1. The fraction of sp³-hybridized carbons (Fsp3) is 0.111. The Kier molecular flexibility index (Phi) is 4.65. The predicted molar refractivity (Wildman–Crippen MR) is 108 cm³/mol. The van der Waals surface area contributed by atoms with Gasteiger partial charge in [-0.3, -0.25) is 19.8 Å². The number of carbonyl (C=O) groups excluding carboxylic acids is 1. The summed E-state index contributed by atoms with van der Waals surface area (Å²) in [5.74, 6) is 0.991. The highest BCUT2D eigenvalue weighted by Crippen LogP contribution is 2.41. The molecule has 0 radical (unpaired) electrons. The van der Waals surface area contributed by atoms with Gasteiger partial charge in [-0.05, 0) is 36.4 Å². The van der Waals surface area contributed by atoms with Crippen LogP contribution in [0.3, 0.4) is 0 Å². The number of fused-ring (bicyclic) bond motifs is 1. The molecule has 2 aromatic rings. The number of nitro groups is 1. The number of thioether (sulfide) groups is 1. The average Bonchev–Trinajstić information content (AvgIpc) is 3.25. The van der Waals surface area contributed by atoms with Crippen LogP contribution in [0.15, 0.2) is 41.3 Å². The van der Waals surface area contributed by atoms with Crippen LogP contribution in [0.5, 0.6) is 17.2 Å². The maximum absolute atomic E-state index is 12.9. The Balaban J connectivity index is 1.70. The highest BCUT2D eigenvalue weighted by molar-refractivity contribution is 8.27. The molecule has 1 saturated heterocycles. The van der Waals surface area contributed by atoms with Crippen LogP contribution in [0.2, 0.25) is 0 Å². The zero-order valence-electron chi connectivity index (χ0n) is 14.4. The van der Waals surface area contributed by atoms with Crippen molar-refractivity contribution in [2.24, 2.45) is 0 Å². The van der Waals surface area contributed by atoms with E-state index in [1.165, 1.54) is 23.1 Å². The molecule has 0 bridgehead atoms. The maximum atomic E-state index is 12.9. The maximum Gasteiger partial charge on any atom is 0.280 e. The fourth-order valence-electron chi connectivity index (χ4n) is 2.78. The summed E-state index contributed by atoms with van der Waals surface area (Å²) in [7, 11) is 1.55. The summed E-state index contributed by atoms with van der Waals surface area (Å²) in [6.45, 7) is -0.00444. The number of nitro benzene ring substituents is 1. The van der Waals surface area contributed by atoms with Gasteiger partial charge in [0.25, 0.3) is 11.6 Å². The first-order chi connectivity index (χ1) is 13.5. The number of carbonyl (C=O) groups is 1. The summed E-state index contributed by atoms with van der Waals surface area (Å²) in [6, 6.07) is 9.66. The molecule has 0 N–H and O–H groups in total. The number of hydrogen-bond donors (Lipinski definition) is 0. The Morgan fingerprint density at radius 2 is 1.93 bits per heavy atom. The Morgan fingerprint density at radius 1 is 1.25 bits per heavy atom. The topological polar surface area (TPSA) is 91.1 Å². The van der Waals surface area contributed by atoms with Crippen molar-refractivity contribution in [1.29, 1.82) is 0 Å². The fourth-order valence-corrected chi connectivity index (χ4v) is 4.07. The zero-order valence-corrected chi connectivity index (χ0v) is 16.0. The lowest BCUT2D eigenvalue weighted by molar-refractivity contribution is -0.385. The van der Waals surface area contributed by atoms with Crippen LogP contribution >= 0.6 is 24.0 Å². The summed E-state index contributed by atoms with van der Waals surface area (Å²) in [4.78, 5) is 25.4. The van der Waals surface area contributed by atoms with Crippen LogP contribution in [-0.2, 0) is 4.79 Å². The number of benzene rings is 2. The van der Waals surface area contributed by atoms with E-state index in [9.17, 15) is 14.9 Å². The van der Waals surface area contributed by atoms with Crippen molar-refractivity contribution in [1.82, 2.24) is 0 Å². The number of rotatable bonds is 4.